The van der Waals surface area contributed by atoms with Crippen molar-refractivity contribution in [2.75, 3.05) is 18.9 Å². The zero-order valence-corrected chi connectivity index (χ0v) is 16.1. The maximum absolute atomic E-state index is 12.4. The van der Waals surface area contributed by atoms with E-state index in [1.54, 1.807) is 24.3 Å². The molecule has 0 radical (unpaired) electrons. The van der Waals surface area contributed by atoms with E-state index in [0.29, 0.717) is 43.7 Å². The van der Waals surface area contributed by atoms with E-state index in [4.69, 9.17) is 10.5 Å². The van der Waals surface area contributed by atoms with Crippen LogP contribution in [-0.2, 0) is 9.59 Å². The Morgan fingerprint density at radius 2 is 1.81 bits per heavy atom. The van der Waals surface area contributed by atoms with Gasteiger partial charge in [-0.25, -0.2) is 0 Å². The van der Waals surface area contributed by atoms with Gasteiger partial charge in [0.15, 0.2) is 12.9 Å². The molecule has 0 saturated heterocycles. The van der Waals surface area contributed by atoms with E-state index < -0.39 is 30.2 Å². The van der Waals surface area contributed by atoms with Gasteiger partial charge < -0.3 is 31.3 Å². The number of hydrogen-bond acceptors (Lipinski definition) is 7. The maximum atomic E-state index is 12.4. The van der Waals surface area contributed by atoms with Gasteiger partial charge in [-0.3, -0.25) is 9.59 Å². The second kappa shape index (κ2) is 13.4. The van der Waals surface area contributed by atoms with Gasteiger partial charge in [0, 0.05) is 0 Å². The van der Waals surface area contributed by atoms with E-state index in [9.17, 15) is 19.8 Å². The van der Waals surface area contributed by atoms with Crippen LogP contribution in [0, 0.1) is 0 Å². The molecule has 6 N–H and O–H groups in total. The van der Waals surface area contributed by atoms with Gasteiger partial charge in [0.2, 0.25) is 5.91 Å². The van der Waals surface area contributed by atoms with Gasteiger partial charge in [-0.1, -0.05) is 18.2 Å². The van der Waals surface area contributed by atoms with Crippen molar-refractivity contribution in [1.29, 1.82) is 0 Å². The van der Waals surface area contributed by atoms with Crippen LogP contribution in [0.25, 0.3) is 0 Å². The van der Waals surface area contributed by atoms with E-state index in [1.807, 2.05) is 6.07 Å². The first-order valence-electron chi connectivity index (χ1n) is 8.92. The lowest BCUT2D eigenvalue weighted by Crippen LogP contribution is -2.53. The molecule has 0 spiro atoms. The van der Waals surface area contributed by atoms with Crippen molar-refractivity contribution in [1.82, 2.24) is 10.6 Å². The first-order valence-corrected chi connectivity index (χ1v) is 9.55. The molecular weight excluding hydrogens is 370 g/mol. The lowest BCUT2D eigenvalue weighted by atomic mass is 10.1. The third-order valence-corrected chi connectivity index (χ3v) is 4.10. The molecule has 0 aliphatic carbocycles. The molecule has 0 aliphatic heterocycles. The average molecular weight is 400 g/mol. The average Bonchev–Trinajstić information content (AvgIpc) is 2.66. The number of thiol groups is 1. The van der Waals surface area contributed by atoms with Gasteiger partial charge in [0.05, 0.1) is 6.04 Å². The van der Waals surface area contributed by atoms with Crippen molar-refractivity contribution >= 4 is 24.4 Å². The first kappa shape index (κ1) is 23.2. The summed E-state index contributed by atoms with van der Waals surface area (Å²) in [7, 11) is 0. The highest BCUT2D eigenvalue weighted by molar-refractivity contribution is 7.80. The van der Waals surface area contributed by atoms with Crippen molar-refractivity contribution in [2.45, 2.75) is 44.1 Å². The van der Waals surface area contributed by atoms with Gasteiger partial charge in [0.25, 0.3) is 5.91 Å². The Kier molecular flexibility index (Phi) is 11.5. The maximum Gasteiger partial charge on any atom is 0.258 e. The van der Waals surface area contributed by atoms with E-state index in [2.05, 4.69) is 23.3 Å². The summed E-state index contributed by atoms with van der Waals surface area (Å²) >= 11 is 4.11. The molecule has 0 saturated carbocycles. The van der Waals surface area contributed by atoms with Crippen LogP contribution in [-0.4, -0.2) is 59.3 Å². The third kappa shape index (κ3) is 9.62. The lowest BCUT2D eigenvalue weighted by Gasteiger charge is -2.24. The van der Waals surface area contributed by atoms with Crippen LogP contribution in [0.1, 0.15) is 25.7 Å². The number of unbranched alkanes of at least 4 members (excludes halogenated alkanes) is 1. The van der Waals surface area contributed by atoms with Crippen LogP contribution in [0.15, 0.2) is 30.3 Å². The fourth-order valence-corrected chi connectivity index (χ4v) is 2.65. The molecule has 2 unspecified atom stereocenters. The van der Waals surface area contributed by atoms with Crippen LogP contribution >= 0.6 is 12.6 Å². The van der Waals surface area contributed by atoms with E-state index >= 15 is 0 Å². The van der Waals surface area contributed by atoms with Crippen LogP contribution in [0.3, 0.4) is 0 Å². The van der Waals surface area contributed by atoms with Crippen molar-refractivity contribution < 1.29 is 24.5 Å². The molecule has 8 nitrogen and oxygen atoms in total. The molecule has 0 fully saturated rings. The second-order valence-corrected chi connectivity index (χ2v) is 6.49. The summed E-state index contributed by atoms with van der Waals surface area (Å²) in [5.41, 5.74) is 5.43. The number of nitrogens with one attached hydrogen (secondary N) is 2. The Balaban J connectivity index is 2.55. The quantitative estimate of drug-likeness (QED) is 0.154. The summed E-state index contributed by atoms with van der Waals surface area (Å²) in [6, 6.07) is 7.18. The van der Waals surface area contributed by atoms with Crippen LogP contribution in [0.2, 0.25) is 0 Å². The smallest absolute Gasteiger partial charge is 0.258 e. The highest BCUT2D eigenvalue weighted by Gasteiger charge is 2.25. The standard InChI is InChI=1S/C18H29N3O5S/c19-10-5-4-8-15(18(24)25)21-17(23)14(9-11-27)20-16(22)12-26-13-6-2-1-3-7-13/h1-3,6-7,14-15,18,24-25,27H,4-5,8-12,19H2,(H,20,22)(H,21,23). The van der Waals surface area contributed by atoms with Crippen molar-refractivity contribution in [3.8, 4) is 5.75 Å². The normalized spacial score (nSPS) is 13.1. The fourth-order valence-electron chi connectivity index (χ4n) is 2.39. The molecule has 152 valence electrons. The number of hydrogen-bond donors (Lipinski definition) is 6. The predicted molar refractivity (Wildman–Crippen MR) is 105 cm³/mol. The number of aliphatic hydroxyl groups is 2. The Morgan fingerprint density at radius 1 is 1.11 bits per heavy atom. The lowest BCUT2D eigenvalue weighted by molar-refractivity contribution is -0.133. The molecule has 0 aromatic heterocycles. The van der Waals surface area contributed by atoms with Crippen LogP contribution in [0.5, 0.6) is 5.75 Å². The number of benzene rings is 1. The molecule has 1 aromatic carbocycles. The summed E-state index contributed by atoms with van der Waals surface area (Å²) in [5, 5.41) is 24.1. The molecular formula is C18H29N3O5S. The minimum Gasteiger partial charge on any atom is -0.484 e. The number of aliphatic hydroxyl groups excluding tert-OH is 1. The highest BCUT2D eigenvalue weighted by Crippen LogP contribution is 2.08. The summed E-state index contributed by atoms with van der Waals surface area (Å²) in [5.74, 6) is -0.0311. The summed E-state index contributed by atoms with van der Waals surface area (Å²) in [4.78, 5) is 24.5. The monoisotopic (exact) mass is 399 g/mol. The number of ether oxygens (including phenoxy) is 1. The zero-order valence-electron chi connectivity index (χ0n) is 15.2. The number of para-hydroxylation sites is 1. The predicted octanol–water partition coefficient (Wildman–Crippen LogP) is -0.205. The number of carbonyl (C=O) groups is 2. The molecule has 0 bridgehead atoms. The van der Waals surface area contributed by atoms with E-state index in [-0.39, 0.29) is 6.61 Å². The van der Waals surface area contributed by atoms with Gasteiger partial charge >= 0.3 is 0 Å². The number of nitrogens with two attached hydrogens (primary N) is 1. The van der Waals surface area contributed by atoms with Crippen LogP contribution < -0.4 is 21.1 Å². The Morgan fingerprint density at radius 3 is 2.41 bits per heavy atom. The summed E-state index contributed by atoms with van der Waals surface area (Å²) in [6.45, 7) is 0.255. The topological polar surface area (TPSA) is 134 Å². The molecule has 9 heteroatoms. The Bertz CT molecular complexity index is 559. The Labute approximate surface area is 164 Å². The summed E-state index contributed by atoms with van der Waals surface area (Å²) in [6.07, 6.45) is 0.336. The molecule has 2 atom stereocenters. The highest BCUT2D eigenvalue weighted by atomic mass is 32.1. The minimum absolute atomic E-state index is 0.233. The van der Waals surface area contributed by atoms with Crippen molar-refractivity contribution in [2.24, 2.45) is 5.73 Å². The minimum atomic E-state index is -1.69. The van der Waals surface area contributed by atoms with Gasteiger partial charge in [0.1, 0.15) is 11.8 Å². The number of amides is 2. The fraction of sp³-hybridized carbons (Fsp3) is 0.556. The first-order chi connectivity index (χ1) is 13.0. The van der Waals surface area contributed by atoms with E-state index in [1.165, 1.54) is 0 Å². The third-order valence-electron chi connectivity index (χ3n) is 3.84. The van der Waals surface area contributed by atoms with Crippen molar-refractivity contribution in [3.05, 3.63) is 30.3 Å². The van der Waals surface area contributed by atoms with Gasteiger partial charge in [-0.15, -0.1) is 0 Å². The van der Waals surface area contributed by atoms with Crippen molar-refractivity contribution in [3.63, 3.8) is 0 Å². The molecule has 1 aromatic rings. The SMILES string of the molecule is NCCCCC(NC(=O)C(CCS)NC(=O)COc1ccccc1)C(O)O. The largest absolute Gasteiger partial charge is 0.484 e. The molecule has 2 amide bonds. The molecule has 27 heavy (non-hydrogen) atoms. The number of carbonyl (C=O) groups excluding carboxylic acids is 2. The second-order valence-electron chi connectivity index (χ2n) is 6.05. The van der Waals surface area contributed by atoms with Crippen LogP contribution in [0.4, 0.5) is 0 Å². The molecule has 0 aliphatic rings. The van der Waals surface area contributed by atoms with Gasteiger partial charge in [-0.2, -0.15) is 12.6 Å². The molecule has 1 rings (SSSR count). The summed E-state index contributed by atoms with van der Waals surface area (Å²) < 4.78 is 5.36. The number of rotatable bonds is 13. The molecule has 0 heterocycles. The van der Waals surface area contributed by atoms with E-state index in [0.717, 1.165) is 0 Å². The van der Waals surface area contributed by atoms with Gasteiger partial charge in [-0.05, 0) is 50.1 Å². The Hall–Kier alpha value is -1.81. The zero-order chi connectivity index (χ0) is 20.1.